The molecule has 0 fully saturated rings. The lowest BCUT2D eigenvalue weighted by molar-refractivity contribution is -0.140. The van der Waals surface area contributed by atoms with Gasteiger partial charge in [0.2, 0.25) is 0 Å². The maximum Gasteiger partial charge on any atom is 0.310 e. The normalized spacial score (nSPS) is 12.4. The first-order chi connectivity index (χ1) is 15.7. The second-order valence-corrected chi connectivity index (χ2v) is 8.33. The van der Waals surface area contributed by atoms with Gasteiger partial charge in [0, 0.05) is 23.4 Å². The number of carbonyl (C=O) groups is 2. The van der Waals surface area contributed by atoms with E-state index in [9.17, 15) is 19.1 Å². The number of Topliss-reactive ketones (excluding diaryl/α,β-unsaturated/α-hetero) is 1. The molecule has 6 heteroatoms. The Morgan fingerprint density at radius 3 is 2.27 bits per heavy atom. The number of carboxylic acid groups (broad SMARTS) is 1. The summed E-state index contributed by atoms with van der Waals surface area (Å²) in [5.74, 6) is -1.94. The fourth-order valence-electron chi connectivity index (χ4n) is 4.17. The molecule has 0 saturated carbocycles. The largest absolute Gasteiger partial charge is 0.481 e. The van der Waals surface area contributed by atoms with Crippen LogP contribution in [0.5, 0.6) is 0 Å². The number of halogens is 1. The number of aliphatic carboxylic acids is 1. The van der Waals surface area contributed by atoms with Crippen LogP contribution in [0.3, 0.4) is 0 Å². The maximum absolute atomic E-state index is 13.7. The molecule has 0 amide bonds. The van der Waals surface area contributed by atoms with E-state index in [0.717, 1.165) is 33.8 Å². The molecule has 172 valence electrons. The molecule has 2 aromatic carbocycles. The van der Waals surface area contributed by atoms with Gasteiger partial charge in [0.15, 0.2) is 0 Å². The molecular weight excluding hydrogens is 421 g/mol. The Kier molecular flexibility index (Phi) is 7.61. The fraction of sp³-hybridized carbons (Fsp3) is 0.259. The van der Waals surface area contributed by atoms with Crippen LogP contribution in [-0.4, -0.2) is 32.6 Å². The quantitative estimate of drug-likeness (QED) is 0.422. The van der Waals surface area contributed by atoms with Gasteiger partial charge in [0.25, 0.3) is 0 Å². The number of para-hydroxylation sites is 1. The predicted molar refractivity (Wildman–Crippen MR) is 127 cm³/mol. The van der Waals surface area contributed by atoms with Crippen molar-refractivity contribution in [3.05, 3.63) is 83.3 Å². The Morgan fingerprint density at radius 1 is 1.06 bits per heavy atom. The fourth-order valence-corrected chi connectivity index (χ4v) is 4.17. The highest BCUT2D eigenvalue weighted by atomic mass is 19.1. The highest BCUT2D eigenvalue weighted by Crippen LogP contribution is 2.39. The molecule has 0 radical (unpaired) electrons. The first-order valence-corrected chi connectivity index (χ1v) is 10.8. The molecule has 3 aromatic rings. The number of nitrogens with zero attached hydrogens (tertiary/aromatic N) is 1. The van der Waals surface area contributed by atoms with Crippen molar-refractivity contribution < 1.29 is 24.2 Å². The second kappa shape index (κ2) is 10.4. The molecule has 0 aliphatic heterocycles. The van der Waals surface area contributed by atoms with E-state index in [4.69, 9.17) is 5.11 Å². The summed E-state index contributed by atoms with van der Waals surface area (Å²) in [6.07, 6.45) is 1.29. The molecule has 1 heterocycles. The first-order valence-electron chi connectivity index (χ1n) is 10.8. The molecule has 0 aliphatic carbocycles. The zero-order chi connectivity index (χ0) is 24.1. The molecule has 0 saturated heterocycles. The summed E-state index contributed by atoms with van der Waals surface area (Å²) < 4.78 is 15.8. The molecule has 1 unspecified atom stereocenters. The van der Waals surface area contributed by atoms with Crippen LogP contribution in [-0.2, 0) is 9.59 Å². The number of hydrogen-bond donors (Lipinski definition) is 2. The van der Waals surface area contributed by atoms with Crippen molar-refractivity contribution in [3.63, 3.8) is 0 Å². The van der Waals surface area contributed by atoms with Gasteiger partial charge in [-0.3, -0.25) is 9.59 Å². The third-order valence-electron chi connectivity index (χ3n) is 5.47. The zero-order valence-electron chi connectivity index (χ0n) is 19.0. The van der Waals surface area contributed by atoms with Crippen LogP contribution in [0.25, 0.3) is 23.0 Å². The van der Waals surface area contributed by atoms with E-state index in [1.807, 2.05) is 37.3 Å². The van der Waals surface area contributed by atoms with Gasteiger partial charge in [-0.1, -0.05) is 44.2 Å². The third-order valence-corrected chi connectivity index (χ3v) is 5.47. The van der Waals surface area contributed by atoms with E-state index in [1.165, 1.54) is 18.2 Å². The monoisotopic (exact) mass is 449 g/mol. The number of carboxylic acids is 1. The highest BCUT2D eigenvalue weighted by molar-refractivity contribution is 5.95. The summed E-state index contributed by atoms with van der Waals surface area (Å²) >= 11 is 0. The number of aromatic nitrogens is 1. The number of aliphatic hydroxyl groups excluding tert-OH is 1. The summed E-state index contributed by atoms with van der Waals surface area (Å²) in [7, 11) is 0. The van der Waals surface area contributed by atoms with Crippen LogP contribution >= 0.6 is 0 Å². The molecule has 0 bridgehead atoms. The van der Waals surface area contributed by atoms with E-state index in [0.29, 0.717) is 0 Å². The van der Waals surface area contributed by atoms with Gasteiger partial charge in [0.05, 0.1) is 11.8 Å². The Hall–Kier alpha value is -3.51. The minimum atomic E-state index is -1.22. The van der Waals surface area contributed by atoms with Crippen molar-refractivity contribution in [2.45, 2.75) is 45.6 Å². The lowest BCUT2D eigenvalue weighted by atomic mass is 9.95. The van der Waals surface area contributed by atoms with Crippen molar-refractivity contribution in [1.29, 1.82) is 0 Å². The Bertz CT molecular complexity index is 1160. The van der Waals surface area contributed by atoms with Crippen LogP contribution in [0.4, 0.5) is 4.39 Å². The van der Waals surface area contributed by atoms with E-state index >= 15 is 0 Å². The number of benzene rings is 2. The van der Waals surface area contributed by atoms with Crippen LogP contribution in [0.2, 0.25) is 0 Å². The van der Waals surface area contributed by atoms with Crippen molar-refractivity contribution in [1.82, 2.24) is 4.57 Å². The molecule has 33 heavy (non-hydrogen) atoms. The summed E-state index contributed by atoms with van der Waals surface area (Å²) in [6.45, 7) is 6.19. The van der Waals surface area contributed by atoms with Gasteiger partial charge in [-0.15, -0.1) is 0 Å². The summed E-state index contributed by atoms with van der Waals surface area (Å²) in [5, 5.41) is 19.1. The van der Waals surface area contributed by atoms with Crippen molar-refractivity contribution >= 4 is 17.8 Å². The van der Waals surface area contributed by atoms with E-state index in [2.05, 4.69) is 18.4 Å². The average Bonchev–Trinajstić information content (AvgIpc) is 3.05. The maximum atomic E-state index is 13.7. The molecule has 0 aliphatic rings. The Morgan fingerprint density at radius 2 is 1.70 bits per heavy atom. The Labute approximate surface area is 192 Å². The number of aliphatic hydroxyl groups is 1. The third kappa shape index (κ3) is 5.65. The lowest BCUT2D eigenvalue weighted by Crippen LogP contribution is -2.14. The number of hydrogen-bond acceptors (Lipinski definition) is 3. The summed E-state index contributed by atoms with van der Waals surface area (Å²) in [4.78, 5) is 22.5. The topological polar surface area (TPSA) is 79.5 Å². The van der Waals surface area contributed by atoms with Gasteiger partial charge in [-0.05, 0) is 60.4 Å². The standard InChI is InChI=1S/C27H28FNO4/c1-17(2)26-18(3)29(21-7-5-4-6-8-21)27(19-9-11-20(28)12-10-19)24(26)14-13-22(30)15-23(31)16-25(32)33/h4-14,17,22,30H,15-16H2,1-3H3,(H,32,33). The van der Waals surface area contributed by atoms with Crippen LogP contribution in [0, 0.1) is 12.7 Å². The Balaban J connectivity index is 2.16. The zero-order valence-corrected chi connectivity index (χ0v) is 19.0. The smallest absolute Gasteiger partial charge is 0.310 e. The SMILES string of the molecule is Cc1c(C(C)C)c(C=CC(O)CC(=O)CC(=O)O)c(-c2ccc(F)cc2)n1-c1ccccc1. The van der Waals surface area contributed by atoms with Crippen molar-refractivity contribution in [2.24, 2.45) is 0 Å². The highest BCUT2D eigenvalue weighted by Gasteiger charge is 2.23. The first kappa shape index (κ1) is 24.1. The molecule has 3 rings (SSSR count). The van der Waals surface area contributed by atoms with Gasteiger partial charge in [0.1, 0.15) is 18.0 Å². The summed E-state index contributed by atoms with van der Waals surface area (Å²) in [5.41, 5.74) is 5.56. The summed E-state index contributed by atoms with van der Waals surface area (Å²) in [6, 6.07) is 16.1. The minimum absolute atomic E-state index is 0.152. The number of rotatable bonds is 9. The van der Waals surface area contributed by atoms with E-state index in [1.54, 1.807) is 18.2 Å². The molecule has 0 spiro atoms. The van der Waals surface area contributed by atoms with Crippen LogP contribution in [0.15, 0.2) is 60.7 Å². The van der Waals surface area contributed by atoms with Crippen molar-refractivity contribution in [2.75, 3.05) is 0 Å². The van der Waals surface area contributed by atoms with Gasteiger partial charge in [-0.2, -0.15) is 0 Å². The lowest BCUT2D eigenvalue weighted by Gasteiger charge is -2.13. The van der Waals surface area contributed by atoms with Gasteiger partial charge >= 0.3 is 5.97 Å². The number of carbonyl (C=O) groups excluding carboxylic acids is 1. The molecule has 2 N–H and O–H groups in total. The minimum Gasteiger partial charge on any atom is -0.481 e. The van der Waals surface area contributed by atoms with Crippen molar-refractivity contribution in [3.8, 4) is 16.9 Å². The van der Waals surface area contributed by atoms with Gasteiger partial charge < -0.3 is 14.8 Å². The molecule has 1 aromatic heterocycles. The van der Waals surface area contributed by atoms with Crippen LogP contribution < -0.4 is 0 Å². The number of ketones is 1. The van der Waals surface area contributed by atoms with Gasteiger partial charge in [-0.25, -0.2) is 4.39 Å². The van der Waals surface area contributed by atoms with E-state index in [-0.39, 0.29) is 18.2 Å². The predicted octanol–water partition coefficient (Wildman–Crippen LogP) is 5.52. The second-order valence-electron chi connectivity index (χ2n) is 8.33. The van der Waals surface area contributed by atoms with Crippen LogP contribution in [0.1, 0.15) is 49.4 Å². The molecule has 5 nitrogen and oxygen atoms in total. The molecular formula is C27H28FNO4. The average molecular weight is 450 g/mol. The molecule has 1 atom stereocenters. The van der Waals surface area contributed by atoms with E-state index < -0.39 is 24.3 Å².